The van der Waals surface area contributed by atoms with Crippen molar-refractivity contribution in [1.82, 2.24) is 5.32 Å². The summed E-state index contributed by atoms with van der Waals surface area (Å²) in [7, 11) is 0. The van der Waals surface area contributed by atoms with Crippen LogP contribution < -0.4 is 5.32 Å². The molecular weight excluding hydrogens is 188 g/mol. The van der Waals surface area contributed by atoms with Gasteiger partial charge in [0, 0.05) is 6.54 Å². The first-order valence-corrected chi connectivity index (χ1v) is 5.72. The Hall–Kier alpha value is -1.04. The zero-order valence-electron chi connectivity index (χ0n) is 9.84. The predicted molar refractivity (Wildman–Crippen MR) is 58.9 cm³/mol. The molecule has 1 unspecified atom stereocenters. The van der Waals surface area contributed by atoms with Crippen LogP contribution in [0.4, 0.5) is 0 Å². The summed E-state index contributed by atoms with van der Waals surface area (Å²) in [5.41, 5.74) is 0.354. The molecule has 0 saturated heterocycles. The average molecular weight is 208 g/mol. The first-order valence-electron chi connectivity index (χ1n) is 5.72. The highest BCUT2D eigenvalue weighted by atomic mass is 16.1. The maximum Gasteiger partial charge on any atom is 0.237 e. The van der Waals surface area contributed by atoms with Crippen molar-refractivity contribution in [3.8, 4) is 6.07 Å². The van der Waals surface area contributed by atoms with E-state index in [9.17, 15) is 4.79 Å². The molecule has 0 aromatic rings. The number of hydrogen-bond acceptors (Lipinski definition) is 2. The van der Waals surface area contributed by atoms with Gasteiger partial charge in [0.05, 0.1) is 6.07 Å². The third-order valence-electron chi connectivity index (χ3n) is 3.43. The first-order chi connectivity index (χ1) is 7.04. The van der Waals surface area contributed by atoms with Crippen molar-refractivity contribution in [1.29, 1.82) is 5.26 Å². The molecule has 84 valence electrons. The standard InChI is InChI=1S/C12H20N2O/c1-4-12(5-6-12)8-14-11(15)10(7-13)9(2)3/h9-10H,4-6,8H2,1-3H3,(H,14,15). The largest absolute Gasteiger partial charge is 0.354 e. The van der Waals surface area contributed by atoms with E-state index in [4.69, 9.17) is 5.26 Å². The fourth-order valence-electron chi connectivity index (χ4n) is 1.73. The van der Waals surface area contributed by atoms with Crippen LogP contribution in [0.1, 0.15) is 40.0 Å². The van der Waals surface area contributed by atoms with E-state index >= 15 is 0 Å². The third-order valence-corrected chi connectivity index (χ3v) is 3.43. The van der Waals surface area contributed by atoms with E-state index in [0.29, 0.717) is 5.41 Å². The van der Waals surface area contributed by atoms with Gasteiger partial charge in [-0.2, -0.15) is 5.26 Å². The summed E-state index contributed by atoms with van der Waals surface area (Å²) in [4.78, 5) is 11.7. The smallest absolute Gasteiger partial charge is 0.237 e. The summed E-state index contributed by atoms with van der Waals surface area (Å²) < 4.78 is 0. The highest BCUT2D eigenvalue weighted by molar-refractivity contribution is 5.81. The Morgan fingerprint density at radius 3 is 2.47 bits per heavy atom. The number of rotatable bonds is 5. The van der Waals surface area contributed by atoms with E-state index in [1.165, 1.54) is 12.8 Å². The molecule has 3 nitrogen and oxygen atoms in total. The second kappa shape index (κ2) is 4.65. The van der Waals surface area contributed by atoms with Crippen LogP contribution in [-0.2, 0) is 4.79 Å². The Kier molecular flexibility index (Phi) is 3.73. The number of amides is 1. The summed E-state index contributed by atoms with van der Waals surface area (Å²) in [5.74, 6) is -0.517. The number of carbonyl (C=O) groups excluding carboxylic acids is 1. The van der Waals surface area contributed by atoms with Gasteiger partial charge in [-0.05, 0) is 30.6 Å². The molecule has 0 aliphatic heterocycles. The van der Waals surface area contributed by atoms with Crippen molar-refractivity contribution >= 4 is 5.91 Å². The molecule has 1 aliphatic rings. The van der Waals surface area contributed by atoms with E-state index in [-0.39, 0.29) is 11.8 Å². The monoisotopic (exact) mass is 208 g/mol. The SMILES string of the molecule is CCC1(CNC(=O)C(C#N)C(C)C)CC1. The summed E-state index contributed by atoms with van der Waals surface area (Å²) in [6.07, 6.45) is 3.54. The van der Waals surface area contributed by atoms with Gasteiger partial charge in [-0.1, -0.05) is 20.8 Å². The zero-order chi connectivity index (χ0) is 11.5. The van der Waals surface area contributed by atoms with E-state index in [2.05, 4.69) is 18.3 Å². The van der Waals surface area contributed by atoms with Gasteiger partial charge in [0.2, 0.25) is 5.91 Å². The van der Waals surface area contributed by atoms with Gasteiger partial charge < -0.3 is 5.32 Å². The molecule has 1 fully saturated rings. The number of nitrogens with one attached hydrogen (secondary N) is 1. The molecule has 15 heavy (non-hydrogen) atoms. The van der Waals surface area contributed by atoms with Crippen molar-refractivity contribution in [2.45, 2.75) is 40.0 Å². The number of nitriles is 1. The molecule has 0 spiro atoms. The van der Waals surface area contributed by atoms with Crippen molar-refractivity contribution in [3.05, 3.63) is 0 Å². The molecule has 1 rings (SSSR count). The highest BCUT2D eigenvalue weighted by Gasteiger charge is 2.41. The van der Waals surface area contributed by atoms with Gasteiger partial charge in [-0.25, -0.2) is 0 Å². The summed E-state index contributed by atoms with van der Waals surface area (Å²) in [5, 5.41) is 11.8. The molecule has 1 aliphatic carbocycles. The van der Waals surface area contributed by atoms with Gasteiger partial charge in [-0.3, -0.25) is 4.79 Å². The van der Waals surface area contributed by atoms with Crippen molar-refractivity contribution < 1.29 is 4.79 Å². The van der Waals surface area contributed by atoms with Crippen molar-refractivity contribution in [2.75, 3.05) is 6.54 Å². The number of nitrogens with zero attached hydrogens (tertiary/aromatic N) is 1. The van der Waals surface area contributed by atoms with Gasteiger partial charge in [0.15, 0.2) is 0 Å². The molecule has 3 heteroatoms. The summed E-state index contributed by atoms with van der Waals surface area (Å²) in [6, 6.07) is 2.06. The van der Waals surface area contributed by atoms with Crippen LogP contribution in [0.15, 0.2) is 0 Å². The molecule has 1 N–H and O–H groups in total. The van der Waals surface area contributed by atoms with E-state index < -0.39 is 5.92 Å². The van der Waals surface area contributed by atoms with Crippen LogP contribution in [0.25, 0.3) is 0 Å². The predicted octanol–water partition coefficient (Wildman–Crippen LogP) is 2.09. The lowest BCUT2D eigenvalue weighted by molar-refractivity contribution is -0.124. The second-order valence-corrected chi connectivity index (χ2v) is 4.92. The molecule has 0 aromatic carbocycles. The second-order valence-electron chi connectivity index (χ2n) is 4.92. The molecule has 1 atom stereocenters. The lowest BCUT2D eigenvalue weighted by Crippen LogP contribution is -2.36. The van der Waals surface area contributed by atoms with Gasteiger partial charge >= 0.3 is 0 Å². The lowest BCUT2D eigenvalue weighted by atomic mass is 9.96. The van der Waals surface area contributed by atoms with Crippen LogP contribution in [-0.4, -0.2) is 12.5 Å². The molecule has 0 heterocycles. The maximum atomic E-state index is 11.7. The molecule has 1 amide bonds. The fraction of sp³-hybridized carbons (Fsp3) is 0.833. The molecule has 0 bridgehead atoms. The number of hydrogen-bond donors (Lipinski definition) is 1. The van der Waals surface area contributed by atoms with Gasteiger partial charge in [-0.15, -0.1) is 0 Å². The Labute approximate surface area is 91.9 Å². The van der Waals surface area contributed by atoms with Crippen LogP contribution in [0.2, 0.25) is 0 Å². The Morgan fingerprint density at radius 1 is 1.53 bits per heavy atom. The normalized spacial score (nSPS) is 19.4. The summed E-state index contributed by atoms with van der Waals surface area (Å²) in [6.45, 7) is 6.71. The molecule has 1 saturated carbocycles. The topological polar surface area (TPSA) is 52.9 Å². The average Bonchev–Trinajstić information content (AvgIpc) is 2.96. The minimum absolute atomic E-state index is 0.0896. The molecule has 0 radical (unpaired) electrons. The highest BCUT2D eigenvalue weighted by Crippen LogP contribution is 2.47. The van der Waals surface area contributed by atoms with E-state index in [0.717, 1.165) is 13.0 Å². The third kappa shape index (κ3) is 2.95. The van der Waals surface area contributed by atoms with Crippen LogP contribution in [0.3, 0.4) is 0 Å². The Morgan fingerprint density at radius 2 is 2.13 bits per heavy atom. The molecular formula is C12H20N2O. The summed E-state index contributed by atoms with van der Waals surface area (Å²) >= 11 is 0. The van der Waals surface area contributed by atoms with Crippen molar-refractivity contribution in [2.24, 2.45) is 17.3 Å². The Balaban J connectivity index is 2.39. The van der Waals surface area contributed by atoms with Crippen LogP contribution in [0.5, 0.6) is 0 Å². The first kappa shape index (κ1) is 12.0. The maximum absolute atomic E-state index is 11.7. The van der Waals surface area contributed by atoms with Gasteiger partial charge in [0.25, 0.3) is 0 Å². The lowest BCUT2D eigenvalue weighted by Gasteiger charge is -2.17. The van der Waals surface area contributed by atoms with Crippen LogP contribution >= 0.6 is 0 Å². The van der Waals surface area contributed by atoms with E-state index in [1.807, 2.05) is 13.8 Å². The Bertz CT molecular complexity index is 274. The minimum atomic E-state index is -0.502. The van der Waals surface area contributed by atoms with Crippen molar-refractivity contribution in [3.63, 3.8) is 0 Å². The number of carbonyl (C=O) groups is 1. The zero-order valence-corrected chi connectivity index (χ0v) is 9.84. The fourth-order valence-corrected chi connectivity index (χ4v) is 1.73. The van der Waals surface area contributed by atoms with E-state index in [1.54, 1.807) is 0 Å². The minimum Gasteiger partial charge on any atom is -0.354 e. The molecule has 0 aromatic heterocycles. The van der Waals surface area contributed by atoms with Gasteiger partial charge in [0.1, 0.15) is 5.92 Å². The van der Waals surface area contributed by atoms with Crippen LogP contribution in [0, 0.1) is 28.6 Å². The quantitative estimate of drug-likeness (QED) is 0.752.